The van der Waals surface area contributed by atoms with Crippen LogP contribution < -0.4 is 9.64 Å². The molecule has 0 radical (unpaired) electrons. The lowest BCUT2D eigenvalue weighted by molar-refractivity contribution is -0.125. The zero-order valence-corrected chi connectivity index (χ0v) is 13.2. The Labute approximate surface area is 131 Å². The number of nitrogens with zero attached hydrogens (tertiary/aromatic N) is 1. The van der Waals surface area contributed by atoms with Gasteiger partial charge in [-0.15, -0.1) is 0 Å². The van der Waals surface area contributed by atoms with Gasteiger partial charge in [-0.2, -0.15) is 0 Å². The Morgan fingerprint density at radius 2 is 1.85 bits per heavy atom. The number of fused-ring (bicyclic) bond motifs is 1. The largest absolute Gasteiger partial charge is 0.479 e. The summed E-state index contributed by atoms with van der Waals surface area (Å²) in [5.41, 5.74) is 1.96. The van der Waals surface area contributed by atoms with Gasteiger partial charge in [0.1, 0.15) is 5.75 Å². The number of rotatable bonds is 2. The highest BCUT2D eigenvalue weighted by Crippen LogP contribution is 2.34. The molecule has 102 valence electrons. The Hall–Kier alpha value is -1.56. The van der Waals surface area contributed by atoms with Gasteiger partial charge in [0.05, 0.1) is 12.2 Å². The van der Waals surface area contributed by atoms with E-state index in [0.717, 1.165) is 17.0 Å². The number of hydrogen-bond acceptors (Lipinski definition) is 2. The zero-order chi connectivity index (χ0) is 14.1. The van der Waals surface area contributed by atoms with E-state index in [-0.39, 0.29) is 5.91 Å². The third-order valence-corrected chi connectivity index (χ3v) is 4.05. The topological polar surface area (TPSA) is 29.5 Å². The van der Waals surface area contributed by atoms with E-state index in [0.29, 0.717) is 6.54 Å². The molecule has 2 aromatic rings. The van der Waals surface area contributed by atoms with E-state index in [4.69, 9.17) is 4.74 Å². The summed E-state index contributed by atoms with van der Waals surface area (Å²) in [6.07, 6.45) is -0.436. The molecular weight excluding hydrogens is 365 g/mol. The van der Waals surface area contributed by atoms with E-state index in [1.807, 2.05) is 24.3 Å². The SMILES string of the molecule is CC1Oc2ccccc2N(Cc2ccc(I)cc2)C1=O. The number of halogens is 1. The molecule has 1 amide bonds. The number of benzene rings is 2. The first-order chi connectivity index (χ1) is 9.65. The molecule has 1 unspecified atom stereocenters. The van der Waals surface area contributed by atoms with Crippen molar-refractivity contribution in [1.82, 2.24) is 0 Å². The summed E-state index contributed by atoms with van der Waals surface area (Å²) in [5, 5.41) is 0. The van der Waals surface area contributed by atoms with Crippen molar-refractivity contribution in [2.24, 2.45) is 0 Å². The highest BCUT2D eigenvalue weighted by Gasteiger charge is 2.31. The van der Waals surface area contributed by atoms with Gasteiger partial charge >= 0.3 is 0 Å². The lowest BCUT2D eigenvalue weighted by atomic mass is 10.1. The van der Waals surface area contributed by atoms with Crippen molar-refractivity contribution < 1.29 is 9.53 Å². The fourth-order valence-corrected chi connectivity index (χ4v) is 2.65. The van der Waals surface area contributed by atoms with Crippen LogP contribution in [0, 0.1) is 3.57 Å². The minimum absolute atomic E-state index is 0.00208. The Morgan fingerprint density at radius 1 is 1.15 bits per heavy atom. The van der Waals surface area contributed by atoms with Gasteiger partial charge in [-0.25, -0.2) is 0 Å². The number of ether oxygens (including phenoxy) is 1. The van der Waals surface area contributed by atoms with Crippen LogP contribution in [0.3, 0.4) is 0 Å². The molecule has 0 N–H and O–H groups in total. The first kappa shape index (κ1) is 13.4. The summed E-state index contributed by atoms with van der Waals surface area (Å²) < 4.78 is 6.83. The second-order valence-corrected chi connectivity index (χ2v) is 6.02. The molecule has 1 heterocycles. The first-order valence-corrected chi connectivity index (χ1v) is 7.54. The lowest BCUT2D eigenvalue weighted by Gasteiger charge is -2.33. The highest BCUT2D eigenvalue weighted by molar-refractivity contribution is 14.1. The van der Waals surface area contributed by atoms with Gasteiger partial charge in [0.15, 0.2) is 6.10 Å². The maximum atomic E-state index is 12.4. The second kappa shape index (κ2) is 5.44. The number of hydrogen-bond donors (Lipinski definition) is 0. The number of carbonyl (C=O) groups is 1. The summed E-state index contributed by atoms with van der Waals surface area (Å²) >= 11 is 2.27. The smallest absolute Gasteiger partial charge is 0.268 e. The van der Waals surface area contributed by atoms with E-state index in [1.165, 1.54) is 3.57 Å². The van der Waals surface area contributed by atoms with Gasteiger partial charge in [0.2, 0.25) is 0 Å². The molecule has 1 aliphatic rings. The predicted octanol–water partition coefficient (Wildman–Crippen LogP) is 3.61. The fourth-order valence-electron chi connectivity index (χ4n) is 2.29. The summed E-state index contributed by atoms with van der Waals surface area (Å²) in [7, 11) is 0. The molecule has 3 nitrogen and oxygen atoms in total. The summed E-state index contributed by atoms with van der Waals surface area (Å²) in [4.78, 5) is 14.2. The highest BCUT2D eigenvalue weighted by atomic mass is 127. The third kappa shape index (κ3) is 2.52. The van der Waals surface area contributed by atoms with Crippen molar-refractivity contribution >= 4 is 34.2 Å². The minimum atomic E-state index is -0.436. The number of carbonyl (C=O) groups excluding carboxylic acids is 1. The van der Waals surface area contributed by atoms with Crippen LogP contribution in [-0.2, 0) is 11.3 Å². The molecular formula is C16H14INO2. The molecule has 1 atom stereocenters. The predicted molar refractivity (Wildman–Crippen MR) is 86.9 cm³/mol. The van der Waals surface area contributed by atoms with Gasteiger partial charge in [0.25, 0.3) is 5.91 Å². The van der Waals surface area contributed by atoms with E-state index < -0.39 is 6.10 Å². The maximum Gasteiger partial charge on any atom is 0.268 e. The van der Waals surface area contributed by atoms with Crippen LogP contribution >= 0.6 is 22.6 Å². The maximum absolute atomic E-state index is 12.4. The van der Waals surface area contributed by atoms with Crippen LogP contribution in [0.15, 0.2) is 48.5 Å². The standard InChI is InChI=1S/C16H14INO2/c1-11-16(19)18(10-12-6-8-13(17)9-7-12)14-4-2-3-5-15(14)20-11/h2-9,11H,10H2,1H3. The molecule has 0 aromatic heterocycles. The minimum Gasteiger partial charge on any atom is -0.479 e. The molecule has 0 fully saturated rings. The quantitative estimate of drug-likeness (QED) is 0.747. The first-order valence-electron chi connectivity index (χ1n) is 6.46. The van der Waals surface area contributed by atoms with Crippen molar-refractivity contribution in [3.63, 3.8) is 0 Å². The molecule has 0 saturated carbocycles. The summed E-state index contributed by atoms with van der Waals surface area (Å²) in [5.74, 6) is 0.771. The molecule has 0 spiro atoms. The molecule has 1 aliphatic heterocycles. The third-order valence-electron chi connectivity index (χ3n) is 3.33. The molecule has 0 bridgehead atoms. The van der Waals surface area contributed by atoms with Gasteiger partial charge in [0, 0.05) is 3.57 Å². The van der Waals surface area contributed by atoms with E-state index in [2.05, 4.69) is 46.9 Å². The van der Waals surface area contributed by atoms with Crippen LogP contribution in [-0.4, -0.2) is 12.0 Å². The number of para-hydroxylation sites is 2. The van der Waals surface area contributed by atoms with Gasteiger partial charge in [-0.05, 0) is 59.3 Å². The van der Waals surface area contributed by atoms with Crippen molar-refractivity contribution in [3.8, 4) is 5.75 Å². The molecule has 4 heteroatoms. The van der Waals surface area contributed by atoms with Gasteiger partial charge in [-0.1, -0.05) is 24.3 Å². The number of amides is 1. The summed E-state index contributed by atoms with van der Waals surface area (Å²) in [6.45, 7) is 2.36. The zero-order valence-electron chi connectivity index (χ0n) is 11.0. The average molecular weight is 379 g/mol. The van der Waals surface area contributed by atoms with Crippen molar-refractivity contribution in [2.45, 2.75) is 19.6 Å². The Morgan fingerprint density at radius 3 is 2.60 bits per heavy atom. The monoisotopic (exact) mass is 379 g/mol. The molecule has 0 aliphatic carbocycles. The average Bonchev–Trinajstić information content (AvgIpc) is 2.46. The lowest BCUT2D eigenvalue weighted by Crippen LogP contribution is -2.43. The number of anilines is 1. The molecule has 20 heavy (non-hydrogen) atoms. The van der Waals surface area contributed by atoms with Crippen LogP contribution in [0.1, 0.15) is 12.5 Å². The Balaban J connectivity index is 1.95. The second-order valence-electron chi connectivity index (χ2n) is 4.78. The van der Waals surface area contributed by atoms with E-state index in [9.17, 15) is 4.79 Å². The van der Waals surface area contributed by atoms with E-state index >= 15 is 0 Å². The molecule has 2 aromatic carbocycles. The van der Waals surface area contributed by atoms with Gasteiger partial charge < -0.3 is 9.64 Å². The van der Waals surface area contributed by atoms with Crippen molar-refractivity contribution in [2.75, 3.05) is 4.90 Å². The van der Waals surface area contributed by atoms with Crippen LogP contribution in [0.2, 0.25) is 0 Å². The van der Waals surface area contributed by atoms with Crippen molar-refractivity contribution in [1.29, 1.82) is 0 Å². The molecule has 0 saturated heterocycles. The normalized spacial score (nSPS) is 17.6. The van der Waals surface area contributed by atoms with Crippen LogP contribution in [0.5, 0.6) is 5.75 Å². The Bertz CT molecular complexity index is 639. The van der Waals surface area contributed by atoms with Crippen LogP contribution in [0.25, 0.3) is 0 Å². The summed E-state index contributed by atoms with van der Waals surface area (Å²) in [6, 6.07) is 15.9. The van der Waals surface area contributed by atoms with Crippen LogP contribution in [0.4, 0.5) is 5.69 Å². The van der Waals surface area contributed by atoms with Crippen molar-refractivity contribution in [3.05, 3.63) is 57.7 Å². The van der Waals surface area contributed by atoms with E-state index in [1.54, 1.807) is 11.8 Å². The fraction of sp³-hybridized carbons (Fsp3) is 0.188. The Kier molecular flexibility index (Phi) is 3.65. The van der Waals surface area contributed by atoms with Gasteiger partial charge in [-0.3, -0.25) is 4.79 Å². The molecule has 3 rings (SSSR count).